The van der Waals surface area contributed by atoms with Gasteiger partial charge in [0.1, 0.15) is 0 Å². The van der Waals surface area contributed by atoms with Gasteiger partial charge in [-0.15, -0.1) is 0 Å². The van der Waals surface area contributed by atoms with Crippen molar-refractivity contribution in [2.45, 2.75) is 26.8 Å². The molecule has 104 valence electrons. The van der Waals surface area contributed by atoms with E-state index in [9.17, 15) is 4.79 Å². The maximum Gasteiger partial charge on any atom is 0.307 e. The van der Waals surface area contributed by atoms with Crippen LogP contribution in [0.1, 0.15) is 22.3 Å². The minimum atomic E-state index is -0.800. The van der Waals surface area contributed by atoms with Crippen molar-refractivity contribution in [1.82, 2.24) is 0 Å². The van der Waals surface area contributed by atoms with Crippen molar-refractivity contribution in [2.75, 3.05) is 5.32 Å². The first kappa shape index (κ1) is 14.1. The van der Waals surface area contributed by atoms with E-state index in [0.29, 0.717) is 0 Å². The lowest BCUT2D eigenvalue weighted by Crippen LogP contribution is -2.03. The third kappa shape index (κ3) is 3.85. The number of benzene rings is 2. The van der Waals surface area contributed by atoms with Gasteiger partial charge in [-0.25, -0.2) is 0 Å². The Bertz CT molecular complexity index is 603. The molecule has 0 saturated heterocycles. The van der Waals surface area contributed by atoms with Crippen LogP contribution < -0.4 is 5.32 Å². The van der Waals surface area contributed by atoms with Crippen LogP contribution in [0.5, 0.6) is 0 Å². The molecule has 20 heavy (non-hydrogen) atoms. The zero-order valence-corrected chi connectivity index (χ0v) is 11.8. The van der Waals surface area contributed by atoms with E-state index in [4.69, 9.17) is 5.11 Å². The fourth-order valence-corrected chi connectivity index (χ4v) is 2.07. The van der Waals surface area contributed by atoms with Crippen molar-refractivity contribution >= 4 is 11.7 Å². The summed E-state index contributed by atoms with van der Waals surface area (Å²) in [6, 6.07) is 14.0. The zero-order chi connectivity index (χ0) is 14.5. The maximum atomic E-state index is 10.6. The molecule has 0 aliphatic heterocycles. The molecule has 0 bridgehead atoms. The molecule has 0 aliphatic carbocycles. The van der Waals surface area contributed by atoms with Gasteiger partial charge in [-0.3, -0.25) is 4.79 Å². The SMILES string of the molecule is Cc1ccc(C)c(NCc2ccc(CC(=O)O)cc2)c1. The molecule has 0 spiro atoms. The number of aliphatic carboxylic acids is 1. The average molecular weight is 269 g/mol. The molecule has 0 heterocycles. The monoisotopic (exact) mass is 269 g/mol. The van der Waals surface area contributed by atoms with Gasteiger partial charge in [-0.1, -0.05) is 36.4 Å². The van der Waals surface area contributed by atoms with Gasteiger partial charge in [0.2, 0.25) is 0 Å². The van der Waals surface area contributed by atoms with Gasteiger partial charge in [0, 0.05) is 12.2 Å². The summed E-state index contributed by atoms with van der Waals surface area (Å²) in [4.78, 5) is 10.6. The number of anilines is 1. The van der Waals surface area contributed by atoms with E-state index in [1.807, 2.05) is 24.3 Å². The van der Waals surface area contributed by atoms with Gasteiger partial charge in [0.05, 0.1) is 6.42 Å². The van der Waals surface area contributed by atoms with E-state index in [1.165, 1.54) is 11.1 Å². The summed E-state index contributed by atoms with van der Waals surface area (Å²) in [5.74, 6) is -0.800. The van der Waals surface area contributed by atoms with E-state index in [2.05, 4.69) is 37.4 Å². The topological polar surface area (TPSA) is 49.3 Å². The highest BCUT2D eigenvalue weighted by atomic mass is 16.4. The van der Waals surface area contributed by atoms with E-state index >= 15 is 0 Å². The van der Waals surface area contributed by atoms with Crippen molar-refractivity contribution in [3.8, 4) is 0 Å². The summed E-state index contributed by atoms with van der Waals surface area (Å²) in [6.45, 7) is 4.89. The predicted octanol–water partition coefficient (Wildman–Crippen LogP) is 3.54. The number of hydrogen-bond donors (Lipinski definition) is 2. The van der Waals surface area contributed by atoms with Crippen LogP contribution in [-0.2, 0) is 17.8 Å². The van der Waals surface area contributed by atoms with E-state index < -0.39 is 5.97 Å². The molecule has 0 atom stereocenters. The minimum absolute atomic E-state index is 0.0741. The molecule has 0 aromatic heterocycles. The van der Waals surface area contributed by atoms with Crippen molar-refractivity contribution in [3.05, 3.63) is 64.7 Å². The number of hydrogen-bond acceptors (Lipinski definition) is 2. The van der Waals surface area contributed by atoms with Crippen LogP contribution in [0.15, 0.2) is 42.5 Å². The van der Waals surface area contributed by atoms with E-state index in [-0.39, 0.29) is 6.42 Å². The van der Waals surface area contributed by atoms with Gasteiger partial charge < -0.3 is 10.4 Å². The fraction of sp³-hybridized carbons (Fsp3) is 0.235. The van der Waals surface area contributed by atoms with E-state index in [0.717, 1.165) is 23.4 Å². The minimum Gasteiger partial charge on any atom is -0.481 e. The summed E-state index contributed by atoms with van der Waals surface area (Å²) in [5, 5.41) is 12.1. The molecule has 0 radical (unpaired) electrons. The number of aryl methyl sites for hydroxylation is 2. The lowest BCUT2D eigenvalue weighted by atomic mass is 10.1. The number of carbonyl (C=O) groups is 1. The number of nitrogens with one attached hydrogen (secondary N) is 1. The van der Waals surface area contributed by atoms with Gasteiger partial charge in [0.15, 0.2) is 0 Å². The lowest BCUT2D eigenvalue weighted by Gasteiger charge is -2.11. The molecule has 3 heteroatoms. The second-order valence-corrected chi connectivity index (χ2v) is 5.06. The molecule has 0 unspecified atom stereocenters. The van der Waals surface area contributed by atoms with Crippen molar-refractivity contribution in [2.24, 2.45) is 0 Å². The van der Waals surface area contributed by atoms with Crippen LogP contribution in [0, 0.1) is 13.8 Å². The summed E-state index contributed by atoms with van der Waals surface area (Å²) in [5.41, 5.74) is 5.56. The van der Waals surface area contributed by atoms with Gasteiger partial charge in [0.25, 0.3) is 0 Å². The molecule has 0 aliphatic rings. The molecule has 2 aromatic carbocycles. The number of carboxylic acid groups (broad SMARTS) is 1. The van der Waals surface area contributed by atoms with Gasteiger partial charge in [-0.05, 0) is 42.2 Å². The van der Waals surface area contributed by atoms with Crippen LogP contribution >= 0.6 is 0 Å². The third-order valence-corrected chi connectivity index (χ3v) is 3.25. The summed E-state index contributed by atoms with van der Waals surface area (Å²) >= 11 is 0. The largest absolute Gasteiger partial charge is 0.481 e. The maximum absolute atomic E-state index is 10.6. The quantitative estimate of drug-likeness (QED) is 0.872. The number of carboxylic acids is 1. The van der Waals surface area contributed by atoms with Gasteiger partial charge >= 0.3 is 5.97 Å². The molecule has 0 amide bonds. The molecule has 2 rings (SSSR count). The summed E-state index contributed by atoms with van der Waals surface area (Å²) < 4.78 is 0. The Kier molecular flexibility index (Phi) is 4.41. The highest BCUT2D eigenvalue weighted by Gasteiger charge is 2.01. The first-order chi connectivity index (χ1) is 9.54. The molecular formula is C17H19NO2. The van der Waals surface area contributed by atoms with E-state index in [1.54, 1.807) is 0 Å². The Labute approximate surface area is 119 Å². The lowest BCUT2D eigenvalue weighted by molar-refractivity contribution is -0.136. The van der Waals surface area contributed by atoms with Crippen LogP contribution in [0.2, 0.25) is 0 Å². The second-order valence-electron chi connectivity index (χ2n) is 5.06. The normalized spacial score (nSPS) is 10.3. The molecule has 0 fully saturated rings. The molecule has 0 saturated carbocycles. The Morgan fingerprint density at radius 2 is 1.70 bits per heavy atom. The first-order valence-electron chi connectivity index (χ1n) is 6.65. The Balaban J connectivity index is 2.00. The van der Waals surface area contributed by atoms with Crippen molar-refractivity contribution in [3.63, 3.8) is 0 Å². The average Bonchev–Trinajstić information content (AvgIpc) is 2.41. The van der Waals surface area contributed by atoms with Crippen LogP contribution in [0.3, 0.4) is 0 Å². The highest BCUT2D eigenvalue weighted by Crippen LogP contribution is 2.17. The summed E-state index contributed by atoms with van der Waals surface area (Å²) in [6.07, 6.45) is 0.0741. The standard InChI is InChI=1S/C17H19NO2/c1-12-3-4-13(2)16(9-12)18-11-15-7-5-14(6-8-15)10-17(19)20/h3-9,18H,10-11H2,1-2H3,(H,19,20). The predicted molar refractivity (Wildman–Crippen MR) is 81.0 cm³/mol. The fourth-order valence-electron chi connectivity index (χ4n) is 2.07. The van der Waals surface area contributed by atoms with Crippen molar-refractivity contribution in [1.29, 1.82) is 0 Å². The van der Waals surface area contributed by atoms with Crippen molar-refractivity contribution < 1.29 is 9.90 Å². The Hall–Kier alpha value is -2.29. The molecule has 2 aromatic rings. The third-order valence-electron chi connectivity index (χ3n) is 3.25. The van der Waals surface area contributed by atoms with Crippen LogP contribution in [-0.4, -0.2) is 11.1 Å². The van der Waals surface area contributed by atoms with Crippen LogP contribution in [0.4, 0.5) is 5.69 Å². The highest BCUT2D eigenvalue weighted by molar-refractivity contribution is 5.70. The Morgan fingerprint density at radius 1 is 1.05 bits per heavy atom. The second kappa shape index (κ2) is 6.24. The van der Waals surface area contributed by atoms with Gasteiger partial charge in [-0.2, -0.15) is 0 Å². The number of rotatable bonds is 5. The first-order valence-corrected chi connectivity index (χ1v) is 6.65. The van der Waals surface area contributed by atoms with Crippen LogP contribution in [0.25, 0.3) is 0 Å². The zero-order valence-electron chi connectivity index (χ0n) is 11.8. The molecule has 2 N–H and O–H groups in total. The Morgan fingerprint density at radius 3 is 2.35 bits per heavy atom. The molecule has 3 nitrogen and oxygen atoms in total. The summed E-state index contributed by atoms with van der Waals surface area (Å²) in [7, 11) is 0. The molecular weight excluding hydrogens is 250 g/mol. The smallest absolute Gasteiger partial charge is 0.307 e.